The second-order valence-electron chi connectivity index (χ2n) is 5.45. The van der Waals surface area contributed by atoms with E-state index in [9.17, 15) is 18.8 Å². The van der Waals surface area contributed by atoms with Crippen molar-refractivity contribution in [3.63, 3.8) is 0 Å². The predicted molar refractivity (Wildman–Crippen MR) is 93.7 cm³/mol. The van der Waals surface area contributed by atoms with Crippen LogP contribution in [-0.2, 0) is 4.79 Å². The zero-order valence-electron chi connectivity index (χ0n) is 14.3. The van der Waals surface area contributed by atoms with E-state index in [1.807, 2.05) is 0 Å². The molecule has 2 aromatic rings. The van der Waals surface area contributed by atoms with Gasteiger partial charge in [0.05, 0.1) is 5.56 Å². The second-order valence-corrected chi connectivity index (χ2v) is 5.45. The zero-order valence-corrected chi connectivity index (χ0v) is 14.3. The molecule has 6 nitrogen and oxygen atoms in total. The highest BCUT2D eigenvalue weighted by atomic mass is 19.1. The molecule has 0 aliphatic rings. The zero-order chi connectivity index (χ0) is 18.9. The normalized spacial score (nSPS) is 10.1. The van der Waals surface area contributed by atoms with Crippen LogP contribution in [0.2, 0.25) is 0 Å². The molecule has 0 aliphatic heterocycles. The predicted octanol–water partition coefficient (Wildman–Crippen LogP) is 1.95. The van der Waals surface area contributed by atoms with Crippen LogP contribution in [0, 0.1) is 5.82 Å². The van der Waals surface area contributed by atoms with Crippen molar-refractivity contribution in [2.75, 3.05) is 19.7 Å². The highest BCUT2D eigenvalue weighted by Gasteiger charge is 2.10. The van der Waals surface area contributed by atoms with E-state index in [1.54, 1.807) is 30.3 Å². The Bertz CT molecular complexity index is 790. The van der Waals surface area contributed by atoms with Crippen molar-refractivity contribution in [3.05, 3.63) is 65.5 Å². The van der Waals surface area contributed by atoms with E-state index in [0.29, 0.717) is 11.3 Å². The maximum atomic E-state index is 13.4. The van der Waals surface area contributed by atoms with Gasteiger partial charge in [0.15, 0.2) is 12.4 Å². The summed E-state index contributed by atoms with van der Waals surface area (Å²) < 4.78 is 18.7. The van der Waals surface area contributed by atoms with Gasteiger partial charge < -0.3 is 15.4 Å². The lowest BCUT2D eigenvalue weighted by Crippen LogP contribution is -2.37. The van der Waals surface area contributed by atoms with Gasteiger partial charge in [0.25, 0.3) is 11.8 Å². The third-order valence-electron chi connectivity index (χ3n) is 3.48. The van der Waals surface area contributed by atoms with Gasteiger partial charge in [-0.1, -0.05) is 12.1 Å². The molecular weight excluding hydrogens is 339 g/mol. The number of hydrogen-bond donors (Lipinski definition) is 2. The fourth-order valence-corrected chi connectivity index (χ4v) is 2.10. The number of Topliss-reactive ketones (excluding diaryl/α,β-unsaturated/α-hetero) is 1. The Labute approximate surface area is 150 Å². The molecule has 0 saturated heterocycles. The molecule has 0 bridgehead atoms. The van der Waals surface area contributed by atoms with Gasteiger partial charge in [0.2, 0.25) is 0 Å². The summed E-state index contributed by atoms with van der Waals surface area (Å²) in [6, 6.07) is 12.1. The molecule has 2 amide bonds. The summed E-state index contributed by atoms with van der Waals surface area (Å²) in [4.78, 5) is 34.7. The summed E-state index contributed by atoms with van der Waals surface area (Å²) in [6.45, 7) is 1.62. The van der Waals surface area contributed by atoms with Crippen molar-refractivity contribution in [3.8, 4) is 5.75 Å². The lowest BCUT2D eigenvalue weighted by molar-refractivity contribution is -0.123. The number of halogens is 1. The summed E-state index contributed by atoms with van der Waals surface area (Å²) in [5, 5.41) is 5.10. The molecule has 7 heteroatoms. The molecule has 0 spiro atoms. The Morgan fingerprint density at radius 3 is 2.27 bits per heavy atom. The third-order valence-corrected chi connectivity index (χ3v) is 3.48. The Morgan fingerprint density at radius 2 is 1.62 bits per heavy atom. The molecule has 0 radical (unpaired) electrons. The molecule has 2 aromatic carbocycles. The largest absolute Gasteiger partial charge is 0.484 e. The minimum absolute atomic E-state index is 0.0452. The SMILES string of the molecule is CC(=O)c1ccc(OCC(=O)NCCNC(=O)c2ccccc2F)cc1. The number of rotatable bonds is 8. The third kappa shape index (κ3) is 5.70. The van der Waals surface area contributed by atoms with Crippen LogP contribution in [0.25, 0.3) is 0 Å². The van der Waals surface area contributed by atoms with E-state index in [4.69, 9.17) is 4.74 Å². The lowest BCUT2D eigenvalue weighted by Gasteiger charge is -2.09. The van der Waals surface area contributed by atoms with Crippen LogP contribution in [0.15, 0.2) is 48.5 Å². The molecule has 2 N–H and O–H groups in total. The molecular formula is C19H19FN2O4. The molecule has 136 valence electrons. The number of benzene rings is 2. The van der Waals surface area contributed by atoms with Crippen LogP contribution < -0.4 is 15.4 Å². The van der Waals surface area contributed by atoms with Gasteiger partial charge in [-0.2, -0.15) is 0 Å². The molecule has 0 aromatic heterocycles. The van der Waals surface area contributed by atoms with Crippen LogP contribution in [0.4, 0.5) is 4.39 Å². The van der Waals surface area contributed by atoms with Gasteiger partial charge in [0.1, 0.15) is 11.6 Å². The van der Waals surface area contributed by atoms with Gasteiger partial charge in [0, 0.05) is 18.7 Å². The summed E-state index contributed by atoms with van der Waals surface area (Å²) in [5.41, 5.74) is 0.517. The minimum atomic E-state index is -0.599. The van der Waals surface area contributed by atoms with Crippen LogP contribution in [-0.4, -0.2) is 37.3 Å². The molecule has 0 fully saturated rings. The second kappa shape index (κ2) is 9.31. The molecule has 0 heterocycles. The summed E-state index contributed by atoms with van der Waals surface area (Å²) in [5.74, 6) is -1.08. The van der Waals surface area contributed by atoms with Crippen LogP contribution in [0.1, 0.15) is 27.6 Å². The lowest BCUT2D eigenvalue weighted by atomic mass is 10.1. The monoisotopic (exact) mass is 358 g/mol. The number of ketones is 1. The van der Waals surface area contributed by atoms with E-state index < -0.39 is 11.7 Å². The Kier molecular flexibility index (Phi) is 6.84. The Hall–Kier alpha value is -3.22. The Morgan fingerprint density at radius 1 is 0.962 bits per heavy atom. The molecule has 0 aliphatic carbocycles. The van der Waals surface area contributed by atoms with Crippen LogP contribution >= 0.6 is 0 Å². The fraction of sp³-hybridized carbons (Fsp3) is 0.211. The first kappa shape index (κ1) is 19.1. The smallest absolute Gasteiger partial charge is 0.258 e. The fourth-order valence-electron chi connectivity index (χ4n) is 2.10. The quantitative estimate of drug-likeness (QED) is 0.558. The maximum Gasteiger partial charge on any atom is 0.258 e. The van der Waals surface area contributed by atoms with Crippen molar-refractivity contribution < 1.29 is 23.5 Å². The van der Waals surface area contributed by atoms with Gasteiger partial charge in [-0.3, -0.25) is 14.4 Å². The van der Waals surface area contributed by atoms with Crippen LogP contribution in [0.3, 0.4) is 0 Å². The van der Waals surface area contributed by atoms with E-state index in [0.717, 1.165) is 0 Å². The van der Waals surface area contributed by atoms with E-state index >= 15 is 0 Å². The Balaban J connectivity index is 1.67. The van der Waals surface area contributed by atoms with Gasteiger partial charge >= 0.3 is 0 Å². The highest BCUT2D eigenvalue weighted by Crippen LogP contribution is 2.12. The number of ether oxygens (including phenoxy) is 1. The topological polar surface area (TPSA) is 84.5 Å². The molecule has 2 rings (SSSR count). The molecule has 26 heavy (non-hydrogen) atoms. The molecule has 0 atom stereocenters. The first-order chi connectivity index (χ1) is 12.5. The standard InChI is InChI=1S/C19H19FN2O4/c1-13(23)14-6-8-15(9-7-14)26-12-18(24)21-10-11-22-19(25)16-4-2-3-5-17(16)20/h2-9H,10-12H2,1H3,(H,21,24)(H,22,25). The van der Waals surface area contributed by atoms with Crippen molar-refractivity contribution in [1.82, 2.24) is 10.6 Å². The first-order valence-corrected chi connectivity index (χ1v) is 8.00. The highest BCUT2D eigenvalue weighted by molar-refractivity contribution is 5.94. The average Bonchev–Trinajstić information content (AvgIpc) is 2.64. The van der Waals surface area contributed by atoms with Crippen molar-refractivity contribution in [2.45, 2.75) is 6.92 Å². The number of carbonyl (C=O) groups is 3. The van der Waals surface area contributed by atoms with Gasteiger partial charge in [-0.15, -0.1) is 0 Å². The summed E-state index contributed by atoms with van der Waals surface area (Å²) in [6.07, 6.45) is 0. The number of carbonyl (C=O) groups excluding carboxylic acids is 3. The van der Waals surface area contributed by atoms with Crippen molar-refractivity contribution in [2.24, 2.45) is 0 Å². The van der Waals surface area contributed by atoms with Crippen molar-refractivity contribution >= 4 is 17.6 Å². The molecule has 0 saturated carbocycles. The maximum absolute atomic E-state index is 13.4. The van der Waals surface area contributed by atoms with Crippen LogP contribution in [0.5, 0.6) is 5.75 Å². The van der Waals surface area contributed by atoms with E-state index in [2.05, 4.69) is 10.6 Å². The van der Waals surface area contributed by atoms with Gasteiger partial charge in [-0.05, 0) is 43.3 Å². The summed E-state index contributed by atoms with van der Waals surface area (Å²) >= 11 is 0. The van der Waals surface area contributed by atoms with Gasteiger partial charge in [-0.25, -0.2) is 4.39 Å². The average molecular weight is 358 g/mol. The first-order valence-electron chi connectivity index (χ1n) is 8.00. The number of amides is 2. The van der Waals surface area contributed by atoms with E-state index in [-0.39, 0.29) is 37.0 Å². The van der Waals surface area contributed by atoms with Crippen molar-refractivity contribution in [1.29, 1.82) is 0 Å². The van der Waals surface area contributed by atoms with E-state index in [1.165, 1.54) is 25.1 Å². The number of hydrogen-bond acceptors (Lipinski definition) is 4. The summed E-state index contributed by atoms with van der Waals surface area (Å²) in [7, 11) is 0. The minimum Gasteiger partial charge on any atom is -0.484 e. The number of nitrogens with one attached hydrogen (secondary N) is 2. The molecule has 0 unspecified atom stereocenters.